The molecule has 1 rings (SSSR count). The van der Waals surface area contributed by atoms with Gasteiger partial charge in [-0.3, -0.25) is 0 Å². The molecule has 0 aliphatic carbocycles. The molecule has 1 amide bonds. The Hall–Kier alpha value is -1.32. The van der Waals surface area contributed by atoms with E-state index >= 15 is 0 Å². The first kappa shape index (κ1) is 14.7. The molecule has 5 heteroatoms. The van der Waals surface area contributed by atoms with E-state index in [9.17, 15) is 9.59 Å². The minimum atomic E-state index is -0.577. The summed E-state index contributed by atoms with van der Waals surface area (Å²) in [6.45, 7) is 1.62. The van der Waals surface area contributed by atoms with Crippen LogP contribution in [0.2, 0.25) is 5.32 Å². The molecular weight excluding hydrogens is 297 g/mol. The van der Waals surface area contributed by atoms with Crippen molar-refractivity contribution in [1.29, 1.82) is 0 Å². The average molecular weight is 314 g/mol. The number of benzene rings is 1. The molecule has 1 atom stereocenters. The van der Waals surface area contributed by atoms with Gasteiger partial charge in [0, 0.05) is 0 Å². The summed E-state index contributed by atoms with van der Waals surface area (Å²) in [6.07, 6.45) is 0.441. The summed E-state index contributed by atoms with van der Waals surface area (Å²) < 4.78 is 5.81. The Morgan fingerprint density at radius 3 is 2.61 bits per heavy atom. The first-order valence-electron chi connectivity index (χ1n) is 5.68. The summed E-state index contributed by atoms with van der Waals surface area (Å²) in [4.78, 5) is 22.7. The molecule has 1 aromatic rings. The van der Waals surface area contributed by atoms with Crippen molar-refractivity contribution in [3.8, 4) is 0 Å². The molecule has 0 aliphatic rings. The quantitative estimate of drug-likeness (QED) is 0.615. The van der Waals surface area contributed by atoms with E-state index in [1.54, 1.807) is 6.92 Å². The van der Waals surface area contributed by atoms with Crippen LogP contribution in [0, 0.1) is 0 Å². The number of hydrogen-bond donors (Lipinski definition) is 1. The fourth-order valence-corrected chi connectivity index (χ4v) is 3.16. The van der Waals surface area contributed by atoms with Gasteiger partial charge in [0.05, 0.1) is 0 Å². The number of esters is 1. The van der Waals surface area contributed by atoms with Crippen LogP contribution in [0.3, 0.4) is 0 Å². The summed E-state index contributed by atoms with van der Waals surface area (Å²) in [5, 5.41) is 3.44. The molecule has 98 valence electrons. The van der Waals surface area contributed by atoms with Crippen molar-refractivity contribution < 1.29 is 14.3 Å². The Labute approximate surface area is 113 Å². The Bertz CT molecular complexity index is 394. The van der Waals surface area contributed by atoms with E-state index in [0.717, 1.165) is 5.32 Å². The number of nitrogens with one attached hydrogen (secondary N) is 1. The SMILES string of the molecule is COC(=O)[C@H](C)NC(=O)CC[Se]c1ccccc1. The third-order valence-electron chi connectivity index (χ3n) is 2.27. The van der Waals surface area contributed by atoms with Crippen LogP contribution in [0.4, 0.5) is 0 Å². The Balaban J connectivity index is 2.23. The third kappa shape index (κ3) is 5.34. The Morgan fingerprint density at radius 1 is 1.33 bits per heavy atom. The molecule has 18 heavy (non-hydrogen) atoms. The van der Waals surface area contributed by atoms with Crippen molar-refractivity contribution >= 4 is 31.3 Å². The van der Waals surface area contributed by atoms with Gasteiger partial charge in [-0.25, -0.2) is 0 Å². The van der Waals surface area contributed by atoms with Crippen molar-refractivity contribution in [2.75, 3.05) is 7.11 Å². The van der Waals surface area contributed by atoms with Crippen LogP contribution in [-0.4, -0.2) is 40.0 Å². The van der Waals surface area contributed by atoms with E-state index in [1.165, 1.54) is 11.6 Å². The van der Waals surface area contributed by atoms with Gasteiger partial charge in [0.25, 0.3) is 0 Å². The first-order chi connectivity index (χ1) is 8.63. The number of amides is 1. The summed E-state index contributed by atoms with van der Waals surface area (Å²) in [6, 6.07) is 9.52. The van der Waals surface area contributed by atoms with Gasteiger partial charge in [-0.05, 0) is 0 Å². The molecule has 0 radical (unpaired) electrons. The maximum absolute atomic E-state index is 11.6. The van der Waals surface area contributed by atoms with Gasteiger partial charge in [0.2, 0.25) is 0 Å². The molecule has 4 nitrogen and oxygen atoms in total. The van der Waals surface area contributed by atoms with Gasteiger partial charge in [-0.2, -0.15) is 0 Å². The zero-order valence-electron chi connectivity index (χ0n) is 10.5. The predicted molar refractivity (Wildman–Crippen MR) is 70.9 cm³/mol. The average Bonchev–Trinajstić information content (AvgIpc) is 2.38. The predicted octanol–water partition coefficient (Wildman–Crippen LogP) is 0.502. The molecule has 0 spiro atoms. The first-order valence-corrected chi connectivity index (χ1v) is 7.75. The van der Waals surface area contributed by atoms with E-state index < -0.39 is 12.0 Å². The minimum absolute atomic E-state index is 0.106. The second-order valence-electron chi connectivity index (χ2n) is 3.72. The number of hydrogen-bond acceptors (Lipinski definition) is 3. The van der Waals surface area contributed by atoms with E-state index in [-0.39, 0.29) is 5.91 Å². The molecule has 0 unspecified atom stereocenters. The number of methoxy groups -OCH3 is 1. The van der Waals surface area contributed by atoms with E-state index in [4.69, 9.17) is 0 Å². The van der Waals surface area contributed by atoms with Crippen molar-refractivity contribution in [1.82, 2.24) is 5.32 Å². The van der Waals surface area contributed by atoms with E-state index in [1.807, 2.05) is 18.2 Å². The van der Waals surface area contributed by atoms with Crippen LogP contribution in [0.5, 0.6) is 0 Å². The number of carbonyl (C=O) groups excluding carboxylic acids is 2. The van der Waals surface area contributed by atoms with Crippen LogP contribution in [-0.2, 0) is 14.3 Å². The van der Waals surface area contributed by atoms with Gasteiger partial charge in [-0.15, -0.1) is 0 Å². The summed E-state index contributed by atoms with van der Waals surface area (Å²) in [7, 11) is 1.31. The van der Waals surface area contributed by atoms with Crippen LogP contribution in [0.1, 0.15) is 13.3 Å². The van der Waals surface area contributed by atoms with Crippen LogP contribution in [0.15, 0.2) is 30.3 Å². The summed E-state index contributed by atoms with van der Waals surface area (Å²) in [5.41, 5.74) is 0. The second-order valence-corrected chi connectivity index (χ2v) is 6.18. The van der Waals surface area contributed by atoms with Gasteiger partial charge >= 0.3 is 113 Å². The van der Waals surface area contributed by atoms with Crippen molar-refractivity contribution in [2.24, 2.45) is 0 Å². The van der Waals surface area contributed by atoms with Gasteiger partial charge in [0.15, 0.2) is 0 Å². The molecule has 1 aromatic carbocycles. The Morgan fingerprint density at radius 2 is 2.00 bits per heavy atom. The number of carbonyl (C=O) groups is 2. The van der Waals surface area contributed by atoms with Crippen molar-refractivity contribution in [3.63, 3.8) is 0 Å². The van der Waals surface area contributed by atoms with Gasteiger partial charge < -0.3 is 0 Å². The fourth-order valence-electron chi connectivity index (χ4n) is 1.33. The second kappa shape index (κ2) is 7.90. The monoisotopic (exact) mass is 315 g/mol. The third-order valence-corrected chi connectivity index (χ3v) is 4.40. The number of rotatable bonds is 6. The molecule has 0 fully saturated rings. The molecular formula is C13H17NO3Se. The molecule has 0 aliphatic heterocycles. The fraction of sp³-hybridized carbons (Fsp3) is 0.385. The van der Waals surface area contributed by atoms with Gasteiger partial charge in [0.1, 0.15) is 0 Å². The zero-order chi connectivity index (χ0) is 13.4. The summed E-state index contributed by atoms with van der Waals surface area (Å²) >= 11 is 0.299. The molecule has 0 bridgehead atoms. The van der Waals surface area contributed by atoms with Crippen molar-refractivity contribution in [2.45, 2.75) is 24.7 Å². The molecule has 0 saturated carbocycles. The van der Waals surface area contributed by atoms with Gasteiger partial charge in [-0.1, -0.05) is 0 Å². The molecule has 1 N–H and O–H groups in total. The maximum atomic E-state index is 11.6. The normalized spacial score (nSPS) is 11.7. The zero-order valence-corrected chi connectivity index (χ0v) is 12.2. The van der Waals surface area contributed by atoms with Crippen LogP contribution >= 0.6 is 0 Å². The topological polar surface area (TPSA) is 55.4 Å². The standard InChI is InChI=1S/C13H17NO3Se/c1-10(13(16)17-2)14-12(15)8-9-18-11-6-4-3-5-7-11/h3-7,10H,8-9H2,1-2H3,(H,14,15)/t10-/m0/s1. The number of ether oxygens (including phenoxy) is 1. The molecule has 0 aromatic heterocycles. The Kier molecular flexibility index (Phi) is 6.47. The molecule has 0 heterocycles. The van der Waals surface area contributed by atoms with E-state index in [2.05, 4.69) is 22.2 Å². The van der Waals surface area contributed by atoms with E-state index in [0.29, 0.717) is 21.4 Å². The molecule has 0 saturated heterocycles. The van der Waals surface area contributed by atoms with Crippen molar-refractivity contribution in [3.05, 3.63) is 30.3 Å². The summed E-state index contributed by atoms with van der Waals surface area (Å²) in [5.74, 6) is -0.525. The van der Waals surface area contributed by atoms with Crippen LogP contribution < -0.4 is 9.78 Å². The van der Waals surface area contributed by atoms with Crippen LogP contribution in [0.25, 0.3) is 0 Å².